The molecule has 1 aromatic heterocycles. The van der Waals surface area contributed by atoms with E-state index in [1.54, 1.807) is 6.07 Å². The Morgan fingerprint density at radius 3 is 2.60 bits per heavy atom. The van der Waals surface area contributed by atoms with Crippen LogP contribution in [0.2, 0.25) is 10.0 Å². The summed E-state index contributed by atoms with van der Waals surface area (Å²) < 4.78 is 42.3. The normalized spacial score (nSPS) is 19.4. The maximum Gasteiger partial charge on any atom is 0.422 e. The van der Waals surface area contributed by atoms with Crippen molar-refractivity contribution in [2.24, 2.45) is 0 Å². The second-order valence-electron chi connectivity index (χ2n) is 7.03. The van der Waals surface area contributed by atoms with Gasteiger partial charge in [-0.15, -0.1) is 0 Å². The van der Waals surface area contributed by atoms with Crippen LogP contribution in [0.15, 0.2) is 30.5 Å². The molecule has 0 spiro atoms. The zero-order chi connectivity index (χ0) is 21.9. The van der Waals surface area contributed by atoms with Crippen molar-refractivity contribution in [3.8, 4) is 16.9 Å². The second kappa shape index (κ2) is 9.41. The van der Waals surface area contributed by atoms with Gasteiger partial charge in [0.25, 0.3) is 5.91 Å². The molecule has 162 valence electrons. The molecule has 2 aromatic rings. The van der Waals surface area contributed by atoms with Gasteiger partial charge in [0, 0.05) is 5.56 Å². The van der Waals surface area contributed by atoms with E-state index in [1.165, 1.54) is 18.2 Å². The molecule has 0 aliphatic heterocycles. The first-order chi connectivity index (χ1) is 14.1. The molecule has 1 aliphatic carbocycles. The van der Waals surface area contributed by atoms with Gasteiger partial charge in [-0.3, -0.25) is 4.79 Å². The molecule has 1 saturated carbocycles. The quantitative estimate of drug-likeness (QED) is 0.653. The van der Waals surface area contributed by atoms with E-state index in [0.29, 0.717) is 18.4 Å². The summed E-state index contributed by atoms with van der Waals surface area (Å²) in [6, 6.07) is 5.45. The van der Waals surface area contributed by atoms with Crippen LogP contribution in [-0.4, -0.2) is 40.9 Å². The number of aliphatic hydroxyl groups excluding tert-OH is 1. The molecule has 0 unspecified atom stereocenters. The van der Waals surface area contributed by atoms with E-state index in [0.717, 1.165) is 19.0 Å². The van der Waals surface area contributed by atoms with E-state index in [1.807, 2.05) is 0 Å². The maximum atomic E-state index is 12.9. The Morgan fingerprint density at radius 1 is 1.20 bits per heavy atom. The van der Waals surface area contributed by atoms with Gasteiger partial charge in [0.15, 0.2) is 6.61 Å². The lowest BCUT2D eigenvalue weighted by molar-refractivity contribution is -0.153. The lowest BCUT2D eigenvalue weighted by Crippen LogP contribution is -2.45. The van der Waals surface area contributed by atoms with Crippen molar-refractivity contribution in [2.75, 3.05) is 6.61 Å². The highest BCUT2D eigenvalue weighted by Crippen LogP contribution is 2.32. The third-order valence-corrected chi connectivity index (χ3v) is 5.50. The van der Waals surface area contributed by atoms with Crippen LogP contribution in [0.5, 0.6) is 5.75 Å². The van der Waals surface area contributed by atoms with E-state index in [-0.39, 0.29) is 27.1 Å². The van der Waals surface area contributed by atoms with Crippen molar-refractivity contribution in [1.82, 2.24) is 10.3 Å². The van der Waals surface area contributed by atoms with E-state index >= 15 is 0 Å². The SMILES string of the molecule is O=C(N[C@@H]1CCCC[C@H]1O)c1ncc(OCC(F)(F)F)cc1-c1ccc(Cl)c(Cl)c1. The summed E-state index contributed by atoms with van der Waals surface area (Å²) in [6.45, 7) is -1.49. The highest BCUT2D eigenvalue weighted by atomic mass is 35.5. The number of ether oxygens (including phenoxy) is 1. The van der Waals surface area contributed by atoms with Crippen LogP contribution in [-0.2, 0) is 0 Å². The molecule has 0 bridgehead atoms. The minimum absolute atomic E-state index is 0.0227. The van der Waals surface area contributed by atoms with Crippen molar-refractivity contribution in [3.63, 3.8) is 0 Å². The van der Waals surface area contributed by atoms with Gasteiger partial charge in [0.05, 0.1) is 28.4 Å². The summed E-state index contributed by atoms with van der Waals surface area (Å²) in [6.07, 6.45) is -1.16. The minimum atomic E-state index is -4.52. The summed E-state index contributed by atoms with van der Waals surface area (Å²) >= 11 is 12.0. The third kappa shape index (κ3) is 5.77. The Morgan fingerprint density at radius 2 is 1.93 bits per heavy atom. The first kappa shape index (κ1) is 22.7. The third-order valence-electron chi connectivity index (χ3n) is 4.76. The summed E-state index contributed by atoms with van der Waals surface area (Å²) in [5, 5.41) is 13.4. The van der Waals surface area contributed by atoms with Gasteiger partial charge in [0.1, 0.15) is 11.4 Å². The molecular weight excluding hydrogens is 444 g/mol. The number of carbonyl (C=O) groups excluding carboxylic acids is 1. The molecule has 3 rings (SSSR count). The summed E-state index contributed by atoms with van der Waals surface area (Å²) in [4.78, 5) is 16.9. The smallest absolute Gasteiger partial charge is 0.422 e. The molecule has 2 N–H and O–H groups in total. The fourth-order valence-electron chi connectivity index (χ4n) is 3.27. The fourth-order valence-corrected chi connectivity index (χ4v) is 3.57. The van der Waals surface area contributed by atoms with Gasteiger partial charge in [-0.1, -0.05) is 42.1 Å². The van der Waals surface area contributed by atoms with Gasteiger partial charge in [0.2, 0.25) is 0 Å². The van der Waals surface area contributed by atoms with Crippen molar-refractivity contribution in [1.29, 1.82) is 0 Å². The lowest BCUT2D eigenvalue weighted by atomic mass is 9.92. The number of rotatable bonds is 5. The number of hydrogen-bond acceptors (Lipinski definition) is 4. The minimum Gasteiger partial charge on any atom is -0.482 e. The summed E-state index contributed by atoms with van der Waals surface area (Å²) in [5.41, 5.74) is 0.644. The molecule has 1 fully saturated rings. The highest BCUT2D eigenvalue weighted by Gasteiger charge is 2.29. The Labute approximate surface area is 181 Å². The van der Waals surface area contributed by atoms with Crippen molar-refractivity contribution in [3.05, 3.63) is 46.2 Å². The molecular formula is C20H19Cl2F3N2O3. The average Bonchev–Trinajstić information content (AvgIpc) is 2.69. The van der Waals surface area contributed by atoms with Crippen LogP contribution >= 0.6 is 23.2 Å². The van der Waals surface area contributed by atoms with E-state index in [4.69, 9.17) is 27.9 Å². The monoisotopic (exact) mass is 462 g/mol. The number of aromatic nitrogens is 1. The van der Waals surface area contributed by atoms with Gasteiger partial charge in [-0.25, -0.2) is 4.98 Å². The van der Waals surface area contributed by atoms with Crippen LogP contribution in [0, 0.1) is 0 Å². The van der Waals surface area contributed by atoms with Gasteiger partial charge in [-0.05, 0) is 36.6 Å². The average molecular weight is 463 g/mol. The number of alkyl halides is 3. The first-order valence-corrected chi connectivity index (χ1v) is 10.0. The molecule has 30 heavy (non-hydrogen) atoms. The predicted octanol–water partition coefficient (Wildman–Crippen LogP) is 5.03. The molecule has 1 amide bonds. The van der Waals surface area contributed by atoms with Crippen LogP contribution in [0.3, 0.4) is 0 Å². The number of nitrogens with zero attached hydrogens (tertiary/aromatic N) is 1. The van der Waals surface area contributed by atoms with Crippen molar-refractivity contribution < 1.29 is 27.8 Å². The van der Waals surface area contributed by atoms with Crippen LogP contribution in [0.1, 0.15) is 36.2 Å². The molecule has 5 nitrogen and oxygen atoms in total. The zero-order valence-electron chi connectivity index (χ0n) is 15.7. The largest absolute Gasteiger partial charge is 0.482 e. The Kier molecular flexibility index (Phi) is 7.10. The molecule has 10 heteroatoms. The van der Waals surface area contributed by atoms with Crippen molar-refractivity contribution in [2.45, 2.75) is 44.0 Å². The van der Waals surface area contributed by atoms with Crippen LogP contribution in [0.25, 0.3) is 11.1 Å². The highest BCUT2D eigenvalue weighted by molar-refractivity contribution is 6.42. The second-order valence-corrected chi connectivity index (χ2v) is 7.85. The zero-order valence-corrected chi connectivity index (χ0v) is 17.2. The number of aliphatic hydroxyl groups is 1. The number of pyridine rings is 1. The summed E-state index contributed by atoms with van der Waals surface area (Å²) in [5.74, 6) is -0.702. The maximum absolute atomic E-state index is 12.9. The molecule has 1 aliphatic rings. The lowest BCUT2D eigenvalue weighted by Gasteiger charge is -2.28. The number of amides is 1. The standard InChI is InChI=1S/C20H19Cl2F3N2O3/c21-14-6-5-11(7-15(14)22)13-8-12(30-10-20(23,24)25)9-26-18(13)19(29)27-16-3-1-2-4-17(16)28/h5-9,16-17,28H,1-4,10H2,(H,27,29)/t16-,17-/m1/s1. The van der Waals surface area contributed by atoms with E-state index < -0.39 is 30.8 Å². The molecule has 1 aromatic carbocycles. The number of hydrogen-bond donors (Lipinski definition) is 2. The van der Waals surface area contributed by atoms with Crippen LogP contribution in [0.4, 0.5) is 13.2 Å². The number of benzene rings is 1. The van der Waals surface area contributed by atoms with Gasteiger partial charge >= 0.3 is 6.18 Å². The van der Waals surface area contributed by atoms with E-state index in [9.17, 15) is 23.1 Å². The molecule has 1 heterocycles. The first-order valence-electron chi connectivity index (χ1n) is 9.28. The Hall–Kier alpha value is -2.03. The number of halogens is 5. The summed E-state index contributed by atoms with van der Waals surface area (Å²) in [7, 11) is 0. The van der Waals surface area contributed by atoms with Crippen molar-refractivity contribution >= 4 is 29.1 Å². The van der Waals surface area contributed by atoms with E-state index in [2.05, 4.69) is 10.3 Å². The molecule has 0 saturated heterocycles. The van der Waals surface area contributed by atoms with Gasteiger partial charge < -0.3 is 15.2 Å². The van der Waals surface area contributed by atoms with Gasteiger partial charge in [-0.2, -0.15) is 13.2 Å². The molecule has 2 atom stereocenters. The predicted molar refractivity (Wildman–Crippen MR) is 107 cm³/mol. The Balaban J connectivity index is 1.94. The van der Waals surface area contributed by atoms with Crippen LogP contribution < -0.4 is 10.1 Å². The Bertz CT molecular complexity index is 925. The topological polar surface area (TPSA) is 71.5 Å². The number of nitrogens with one attached hydrogen (secondary N) is 1. The number of carbonyl (C=O) groups is 1. The fraction of sp³-hybridized carbons (Fsp3) is 0.400. The molecule has 0 radical (unpaired) electrons.